The van der Waals surface area contributed by atoms with Crippen LogP contribution in [0.1, 0.15) is 16.1 Å². The van der Waals surface area contributed by atoms with Crippen LogP contribution in [-0.4, -0.2) is 23.0 Å². The number of hydrogen-bond donors (Lipinski definition) is 0. The molecule has 0 N–H and O–H groups in total. The van der Waals surface area contributed by atoms with Crippen molar-refractivity contribution < 1.29 is 9.53 Å². The minimum atomic E-state index is -0.516. The third-order valence-corrected chi connectivity index (χ3v) is 2.37. The quantitative estimate of drug-likeness (QED) is 0.564. The fourth-order valence-corrected chi connectivity index (χ4v) is 1.64. The Kier molecular flexibility index (Phi) is 2.75. The number of aromatic nitrogens is 2. The number of nitrogens with zero attached hydrogens (tertiary/aromatic N) is 2. The first-order valence-corrected chi connectivity index (χ1v) is 5.02. The Bertz CT molecular complexity index is 564. The van der Waals surface area contributed by atoms with Crippen LogP contribution in [0.3, 0.4) is 0 Å². The van der Waals surface area contributed by atoms with Crippen LogP contribution in [0.2, 0.25) is 5.28 Å². The van der Waals surface area contributed by atoms with Crippen molar-refractivity contribution in [2.24, 2.45) is 0 Å². The normalized spacial score (nSPS) is 10.4. The molecule has 0 radical (unpaired) electrons. The minimum Gasteiger partial charge on any atom is -0.464 e. The van der Waals surface area contributed by atoms with Gasteiger partial charge in [-0.15, -0.1) is 0 Å². The lowest BCUT2D eigenvalue weighted by Gasteiger charge is -2.04. The van der Waals surface area contributed by atoms with Crippen molar-refractivity contribution in [1.82, 2.24) is 9.97 Å². The number of halogens is 1. The van der Waals surface area contributed by atoms with E-state index in [2.05, 4.69) is 14.7 Å². The van der Waals surface area contributed by atoms with Crippen molar-refractivity contribution in [3.8, 4) is 0 Å². The summed E-state index contributed by atoms with van der Waals surface area (Å²) in [7, 11) is 1.30. The van der Waals surface area contributed by atoms with Crippen LogP contribution in [0.5, 0.6) is 0 Å². The van der Waals surface area contributed by atoms with Gasteiger partial charge in [0.05, 0.1) is 12.6 Å². The summed E-state index contributed by atoms with van der Waals surface area (Å²) in [4.78, 5) is 19.4. The molecule has 0 atom stereocenters. The van der Waals surface area contributed by atoms with E-state index in [0.717, 1.165) is 5.56 Å². The Morgan fingerprint density at radius 1 is 1.38 bits per heavy atom. The van der Waals surface area contributed by atoms with E-state index in [1.165, 1.54) is 7.11 Å². The highest BCUT2D eigenvalue weighted by Gasteiger charge is 2.14. The SMILES string of the molecule is COC(=O)c1nc(Cl)nc2cc(C)ccc12. The van der Waals surface area contributed by atoms with Crippen LogP contribution >= 0.6 is 11.6 Å². The molecule has 82 valence electrons. The van der Waals surface area contributed by atoms with Crippen LogP contribution < -0.4 is 0 Å². The molecule has 0 bridgehead atoms. The van der Waals surface area contributed by atoms with E-state index < -0.39 is 5.97 Å². The lowest BCUT2D eigenvalue weighted by molar-refractivity contribution is 0.0596. The average molecular weight is 237 g/mol. The summed E-state index contributed by atoms with van der Waals surface area (Å²) in [6.45, 7) is 1.94. The molecular formula is C11H9ClN2O2. The predicted molar refractivity (Wildman–Crippen MR) is 60.6 cm³/mol. The number of carbonyl (C=O) groups excluding carboxylic acids is 1. The van der Waals surface area contributed by atoms with Crippen molar-refractivity contribution >= 4 is 28.5 Å². The van der Waals surface area contributed by atoms with Crippen molar-refractivity contribution in [2.45, 2.75) is 6.92 Å². The molecule has 0 aliphatic carbocycles. The number of rotatable bonds is 1. The number of ether oxygens (including phenoxy) is 1. The molecule has 16 heavy (non-hydrogen) atoms. The summed E-state index contributed by atoms with van der Waals surface area (Å²) in [6, 6.07) is 5.51. The number of esters is 1. The summed E-state index contributed by atoms with van der Waals surface area (Å²) in [5, 5.41) is 0.681. The van der Waals surface area contributed by atoms with Gasteiger partial charge in [0.25, 0.3) is 0 Å². The Morgan fingerprint density at radius 2 is 2.12 bits per heavy atom. The Morgan fingerprint density at radius 3 is 2.81 bits per heavy atom. The van der Waals surface area contributed by atoms with Gasteiger partial charge in [-0.25, -0.2) is 14.8 Å². The first-order valence-electron chi connectivity index (χ1n) is 4.64. The maximum Gasteiger partial charge on any atom is 0.357 e. The van der Waals surface area contributed by atoms with Crippen molar-refractivity contribution in [2.75, 3.05) is 7.11 Å². The second-order valence-corrected chi connectivity index (χ2v) is 3.69. The molecule has 0 saturated carbocycles. The van der Waals surface area contributed by atoms with Crippen LogP contribution in [0, 0.1) is 6.92 Å². The van der Waals surface area contributed by atoms with Gasteiger partial charge in [0, 0.05) is 5.39 Å². The molecule has 0 aliphatic heterocycles. The molecule has 0 amide bonds. The van der Waals surface area contributed by atoms with Crippen LogP contribution in [0.25, 0.3) is 10.9 Å². The molecule has 4 nitrogen and oxygen atoms in total. The summed E-state index contributed by atoms with van der Waals surface area (Å²) in [5.74, 6) is -0.516. The molecule has 5 heteroatoms. The third kappa shape index (κ3) is 1.84. The van der Waals surface area contributed by atoms with Crippen LogP contribution in [-0.2, 0) is 4.74 Å². The maximum absolute atomic E-state index is 11.5. The fraction of sp³-hybridized carbons (Fsp3) is 0.182. The third-order valence-electron chi connectivity index (χ3n) is 2.20. The van der Waals surface area contributed by atoms with E-state index in [4.69, 9.17) is 11.6 Å². The van der Waals surface area contributed by atoms with E-state index >= 15 is 0 Å². The number of benzene rings is 1. The second kappa shape index (κ2) is 4.06. The van der Waals surface area contributed by atoms with E-state index in [-0.39, 0.29) is 11.0 Å². The summed E-state index contributed by atoms with van der Waals surface area (Å²) < 4.78 is 4.64. The molecule has 0 spiro atoms. The van der Waals surface area contributed by atoms with Gasteiger partial charge in [0.15, 0.2) is 5.69 Å². The molecule has 1 heterocycles. The van der Waals surface area contributed by atoms with E-state index in [0.29, 0.717) is 10.9 Å². The van der Waals surface area contributed by atoms with Gasteiger partial charge in [-0.2, -0.15) is 0 Å². The number of aryl methyl sites for hydroxylation is 1. The summed E-state index contributed by atoms with van der Waals surface area (Å²) in [5.41, 5.74) is 1.87. The highest BCUT2D eigenvalue weighted by Crippen LogP contribution is 2.19. The second-order valence-electron chi connectivity index (χ2n) is 3.35. The zero-order chi connectivity index (χ0) is 11.7. The zero-order valence-corrected chi connectivity index (χ0v) is 9.58. The van der Waals surface area contributed by atoms with Gasteiger partial charge in [-0.05, 0) is 30.2 Å². The van der Waals surface area contributed by atoms with Crippen molar-refractivity contribution in [1.29, 1.82) is 0 Å². The molecule has 1 aromatic carbocycles. The first-order chi connectivity index (χ1) is 7.61. The summed E-state index contributed by atoms with van der Waals surface area (Å²) in [6.07, 6.45) is 0. The Labute approximate surface area is 97.2 Å². The number of methoxy groups -OCH3 is 1. The van der Waals surface area contributed by atoms with Gasteiger partial charge in [-0.3, -0.25) is 0 Å². The Balaban J connectivity index is 2.77. The molecule has 1 aromatic heterocycles. The number of carbonyl (C=O) groups is 1. The average Bonchev–Trinajstić information content (AvgIpc) is 2.26. The van der Waals surface area contributed by atoms with E-state index in [1.807, 2.05) is 19.1 Å². The predicted octanol–water partition coefficient (Wildman–Crippen LogP) is 2.38. The van der Waals surface area contributed by atoms with Crippen molar-refractivity contribution in [3.63, 3.8) is 0 Å². The molecule has 2 rings (SSSR count). The maximum atomic E-state index is 11.5. The Hall–Kier alpha value is -1.68. The molecule has 2 aromatic rings. The zero-order valence-electron chi connectivity index (χ0n) is 8.82. The molecule has 0 unspecified atom stereocenters. The highest BCUT2D eigenvalue weighted by atomic mass is 35.5. The molecule has 0 saturated heterocycles. The molecule has 0 aliphatic rings. The van der Waals surface area contributed by atoms with E-state index in [1.54, 1.807) is 6.07 Å². The van der Waals surface area contributed by atoms with Crippen LogP contribution in [0.15, 0.2) is 18.2 Å². The number of hydrogen-bond acceptors (Lipinski definition) is 4. The van der Waals surface area contributed by atoms with Crippen molar-refractivity contribution in [3.05, 3.63) is 34.7 Å². The fourth-order valence-electron chi connectivity index (χ4n) is 1.46. The minimum absolute atomic E-state index is 0.0403. The topological polar surface area (TPSA) is 52.1 Å². The van der Waals surface area contributed by atoms with Gasteiger partial charge in [0.1, 0.15) is 0 Å². The summed E-state index contributed by atoms with van der Waals surface area (Å²) >= 11 is 5.75. The standard InChI is InChI=1S/C11H9ClN2O2/c1-6-3-4-7-8(5-6)13-11(12)14-9(7)10(15)16-2/h3-5H,1-2H3. The molecular weight excluding hydrogens is 228 g/mol. The van der Waals surface area contributed by atoms with Crippen LogP contribution in [0.4, 0.5) is 0 Å². The van der Waals surface area contributed by atoms with Gasteiger partial charge < -0.3 is 4.74 Å². The van der Waals surface area contributed by atoms with E-state index in [9.17, 15) is 4.79 Å². The number of fused-ring (bicyclic) bond motifs is 1. The lowest BCUT2D eigenvalue weighted by Crippen LogP contribution is -2.06. The smallest absolute Gasteiger partial charge is 0.357 e. The van der Waals surface area contributed by atoms with Gasteiger partial charge in [-0.1, -0.05) is 12.1 Å². The van der Waals surface area contributed by atoms with Gasteiger partial charge >= 0.3 is 5.97 Å². The monoisotopic (exact) mass is 236 g/mol. The lowest BCUT2D eigenvalue weighted by atomic mass is 10.1. The first kappa shape index (κ1) is 10.8. The van der Waals surface area contributed by atoms with Gasteiger partial charge in [0.2, 0.25) is 5.28 Å². The molecule has 0 fully saturated rings. The highest BCUT2D eigenvalue weighted by molar-refractivity contribution is 6.29. The largest absolute Gasteiger partial charge is 0.464 e.